The standard InChI is InChI=1S/C12H20O5/c1-8-7-10(16-9(2)13)11(14)12(17-8)5-3-4-6-15-12/h8,10-11,14H,3-7H2,1-2H3/t8-,10+,11+,12+/m1/s1. The van der Waals surface area contributed by atoms with Crippen LogP contribution in [-0.4, -0.2) is 41.8 Å². The molecule has 1 N–H and O–H groups in total. The van der Waals surface area contributed by atoms with Crippen molar-refractivity contribution in [2.45, 2.75) is 63.6 Å². The van der Waals surface area contributed by atoms with E-state index in [0.717, 1.165) is 12.8 Å². The van der Waals surface area contributed by atoms with E-state index in [0.29, 0.717) is 19.4 Å². The van der Waals surface area contributed by atoms with Crippen LogP contribution in [0.4, 0.5) is 0 Å². The Morgan fingerprint density at radius 3 is 2.82 bits per heavy atom. The molecular formula is C12H20O5. The van der Waals surface area contributed by atoms with Gasteiger partial charge in [-0.2, -0.15) is 0 Å². The van der Waals surface area contributed by atoms with Crippen LogP contribution in [0.3, 0.4) is 0 Å². The van der Waals surface area contributed by atoms with Crippen LogP contribution >= 0.6 is 0 Å². The molecule has 5 nitrogen and oxygen atoms in total. The van der Waals surface area contributed by atoms with Crippen molar-refractivity contribution < 1.29 is 24.1 Å². The molecule has 0 aliphatic carbocycles. The number of carbonyl (C=O) groups is 1. The first-order valence-electron chi connectivity index (χ1n) is 6.20. The van der Waals surface area contributed by atoms with Gasteiger partial charge in [-0.3, -0.25) is 4.79 Å². The highest BCUT2D eigenvalue weighted by atomic mass is 16.7. The van der Waals surface area contributed by atoms with Gasteiger partial charge in [0, 0.05) is 19.8 Å². The summed E-state index contributed by atoms with van der Waals surface area (Å²) >= 11 is 0. The summed E-state index contributed by atoms with van der Waals surface area (Å²) in [6.07, 6.45) is 1.57. The molecule has 17 heavy (non-hydrogen) atoms. The molecule has 0 saturated carbocycles. The van der Waals surface area contributed by atoms with E-state index in [-0.39, 0.29) is 12.1 Å². The van der Waals surface area contributed by atoms with Crippen molar-refractivity contribution in [3.8, 4) is 0 Å². The molecule has 0 radical (unpaired) electrons. The van der Waals surface area contributed by atoms with Crippen LogP contribution in [0.2, 0.25) is 0 Å². The maximum absolute atomic E-state index is 11.0. The first-order chi connectivity index (χ1) is 8.03. The van der Waals surface area contributed by atoms with Crippen LogP contribution in [0.25, 0.3) is 0 Å². The van der Waals surface area contributed by atoms with Gasteiger partial charge in [0.25, 0.3) is 0 Å². The molecule has 0 unspecified atom stereocenters. The lowest BCUT2D eigenvalue weighted by Gasteiger charge is -2.48. The fourth-order valence-electron chi connectivity index (χ4n) is 2.64. The summed E-state index contributed by atoms with van der Waals surface area (Å²) in [5, 5.41) is 10.3. The summed E-state index contributed by atoms with van der Waals surface area (Å²) < 4.78 is 16.6. The maximum Gasteiger partial charge on any atom is 0.303 e. The number of rotatable bonds is 1. The number of carbonyl (C=O) groups excluding carboxylic acids is 1. The third-order valence-electron chi connectivity index (χ3n) is 3.35. The van der Waals surface area contributed by atoms with E-state index in [1.807, 2.05) is 6.92 Å². The van der Waals surface area contributed by atoms with Crippen molar-refractivity contribution in [1.29, 1.82) is 0 Å². The fraction of sp³-hybridized carbons (Fsp3) is 0.917. The minimum absolute atomic E-state index is 0.0825. The van der Waals surface area contributed by atoms with Crippen LogP contribution in [0.5, 0.6) is 0 Å². The number of esters is 1. The van der Waals surface area contributed by atoms with E-state index < -0.39 is 18.0 Å². The van der Waals surface area contributed by atoms with E-state index in [4.69, 9.17) is 14.2 Å². The quantitative estimate of drug-likeness (QED) is 0.697. The van der Waals surface area contributed by atoms with E-state index >= 15 is 0 Å². The fourth-order valence-corrected chi connectivity index (χ4v) is 2.64. The summed E-state index contributed by atoms with van der Waals surface area (Å²) in [6.45, 7) is 3.83. The van der Waals surface area contributed by atoms with Crippen LogP contribution < -0.4 is 0 Å². The molecule has 2 saturated heterocycles. The molecule has 2 aliphatic rings. The highest BCUT2D eigenvalue weighted by molar-refractivity contribution is 5.66. The second kappa shape index (κ2) is 4.92. The zero-order valence-electron chi connectivity index (χ0n) is 10.3. The Labute approximate surface area is 101 Å². The minimum atomic E-state index is -0.976. The predicted molar refractivity (Wildman–Crippen MR) is 59.3 cm³/mol. The first kappa shape index (κ1) is 12.8. The van der Waals surface area contributed by atoms with Crippen molar-refractivity contribution in [2.75, 3.05) is 6.61 Å². The van der Waals surface area contributed by atoms with E-state index in [1.165, 1.54) is 6.92 Å². The average molecular weight is 244 g/mol. The zero-order chi connectivity index (χ0) is 12.5. The van der Waals surface area contributed by atoms with Crippen LogP contribution in [-0.2, 0) is 19.0 Å². The second-order valence-electron chi connectivity index (χ2n) is 4.87. The smallest absolute Gasteiger partial charge is 0.303 e. The number of aliphatic hydroxyl groups is 1. The van der Waals surface area contributed by atoms with Crippen molar-refractivity contribution >= 4 is 5.97 Å². The van der Waals surface area contributed by atoms with Crippen molar-refractivity contribution in [2.24, 2.45) is 0 Å². The Bertz CT molecular complexity index is 285. The van der Waals surface area contributed by atoms with Crippen molar-refractivity contribution in [3.05, 3.63) is 0 Å². The highest BCUT2D eigenvalue weighted by Crippen LogP contribution is 2.38. The van der Waals surface area contributed by atoms with Gasteiger partial charge in [-0.15, -0.1) is 0 Å². The lowest BCUT2D eigenvalue weighted by atomic mass is 9.90. The molecule has 0 aromatic heterocycles. The van der Waals surface area contributed by atoms with Gasteiger partial charge >= 0.3 is 5.97 Å². The molecule has 1 spiro atoms. The molecule has 98 valence electrons. The van der Waals surface area contributed by atoms with Gasteiger partial charge in [0.15, 0.2) is 5.79 Å². The molecule has 4 atom stereocenters. The van der Waals surface area contributed by atoms with Crippen molar-refractivity contribution in [3.63, 3.8) is 0 Å². The van der Waals surface area contributed by atoms with Gasteiger partial charge in [-0.1, -0.05) is 0 Å². The summed E-state index contributed by atoms with van der Waals surface area (Å²) in [5.74, 6) is -1.36. The Morgan fingerprint density at radius 1 is 1.47 bits per heavy atom. The van der Waals surface area contributed by atoms with E-state index in [2.05, 4.69) is 0 Å². The number of ether oxygens (including phenoxy) is 3. The summed E-state index contributed by atoms with van der Waals surface area (Å²) in [6, 6.07) is 0. The topological polar surface area (TPSA) is 65.0 Å². The third kappa shape index (κ3) is 2.61. The molecule has 2 heterocycles. The molecule has 0 amide bonds. The Kier molecular flexibility index (Phi) is 3.70. The van der Waals surface area contributed by atoms with Crippen LogP contribution in [0.15, 0.2) is 0 Å². The lowest BCUT2D eigenvalue weighted by Crippen LogP contribution is -2.60. The van der Waals surface area contributed by atoms with Gasteiger partial charge < -0.3 is 19.3 Å². The summed E-state index contributed by atoms with van der Waals surface area (Å²) in [4.78, 5) is 11.0. The SMILES string of the molecule is CC(=O)O[C@H]1C[C@@H](C)O[C@@]2(CCCCO2)[C@H]1O. The molecular weight excluding hydrogens is 224 g/mol. The first-order valence-corrected chi connectivity index (χ1v) is 6.20. The van der Waals surface area contributed by atoms with Gasteiger partial charge in [-0.05, 0) is 19.8 Å². The van der Waals surface area contributed by atoms with Crippen LogP contribution in [0, 0.1) is 0 Å². The predicted octanol–water partition coefficient (Wildman–Crippen LogP) is 0.985. The molecule has 2 fully saturated rings. The Balaban J connectivity index is 2.12. The Morgan fingerprint density at radius 2 is 2.24 bits per heavy atom. The van der Waals surface area contributed by atoms with E-state index in [1.54, 1.807) is 0 Å². The van der Waals surface area contributed by atoms with Crippen molar-refractivity contribution in [1.82, 2.24) is 0 Å². The number of hydrogen-bond donors (Lipinski definition) is 1. The highest BCUT2D eigenvalue weighted by Gasteiger charge is 2.51. The number of hydrogen-bond acceptors (Lipinski definition) is 5. The number of aliphatic hydroxyl groups excluding tert-OH is 1. The van der Waals surface area contributed by atoms with Gasteiger partial charge in [0.2, 0.25) is 0 Å². The zero-order valence-corrected chi connectivity index (χ0v) is 10.3. The molecule has 2 rings (SSSR count). The minimum Gasteiger partial charge on any atom is -0.459 e. The lowest BCUT2D eigenvalue weighted by molar-refractivity contribution is -0.349. The van der Waals surface area contributed by atoms with Gasteiger partial charge in [0.1, 0.15) is 12.2 Å². The molecule has 0 aromatic carbocycles. The molecule has 2 aliphatic heterocycles. The molecule has 0 bridgehead atoms. The van der Waals surface area contributed by atoms with Crippen LogP contribution in [0.1, 0.15) is 39.5 Å². The summed E-state index contributed by atoms with van der Waals surface area (Å²) in [5.41, 5.74) is 0. The monoisotopic (exact) mass is 244 g/mol. The largest absolute Gasteiger partial charge is 0.459 e. The second-order valence-corrected chi connectivity index (χ2v) is 4.87. The molecule has 0 aromatic rings. The summed E-state index contributed by atoms with van der Waals surface area (Å²) in [7, 11) is 0. The van der Waals surface area contributed by atoms with Gasteiger partial charge in [-0.25, -0.2) is 0 Å². The van der Waals surface area contributed by atoms with E-state index in [9.17, 15) is 9.90 Å². The Hall–Kier alpha value is -0.650. The normalized spacial score (nSPS) is 42.4. The average Bonchev–Trinajstić information content (AvgIpc) is 2.26. The maximum atomic E-state index is 11.0. The van der Waals surface area contributed by atoms with Gasteiger partial charge in [0.05, 0.1) is 12.7 Å². The third-order valence-corrected chi connectivity index (χ3v) is 3.35. The molecule has 5 heteroatoms.